The molecule has 0 radical (unpaired) electrons. The molecule has 2 heterocycles. The molecule has 2 N–H and O–H groups in total. The number of hydrogen-bond donors (Lipinski definition) is 2. The topological polar surface area (TPSA) is 85.1 Å². The summed E-state index contributed by atoms with van der Waals surface area (Å²) >= 11 is 0. The van der Waals surface area contributed by atoms with Crippen molar-refractivity contribution in [3.8, 4) is 11.6 Å². The average molecular weight is 381 g/mol. The van der Waals surface area contributed by atoms with Crippen LogP contribution in [-0.4, -0.2) is 43.6 Å². The van der Waals surface area contributed by atoms with Crippen LogP contribution in [-0.2, 0) is 0 Å². The van der Waals surface area contributed by atoms with Gasteiger partial charge in [0.15, 0.2) is 5.82 Å². The van der Waals surface area contributed by atoms with E-state index in [0.717, 1.165) is 42.3 Å². The van der Waals surface area contributed by atoms with Crippen molar-refractivity contribution in [3.63, 3.8) is 0 Å². The molecule has 3 aromatic rings. The minimum absolute atomic E-state index is 0.173. The van der Waals surface area contributed by atoms with Gasteiger partial charge in [-0.1, -0.05) is 19.9 Å². The summed E-state index contributed by atoms with van der Waals surface area (Å²) in [5, 5.41) is 18.6. The number of benzene rings is 1. The molecule has 2 aromatic heterocycles. The summed E-state index contributed by atoms with van der Waals surface area (Å²) in [5.74, 6) is 2.60. The molecule has 1 saturated carbocycles. The van der Waals surface area contributed by atoms with Crippen LogP contribution in [0.5, 0.6) is 5.75 Å². The monoisotopic (exact) mass is 381 g/mol. The summed E-state index contributed by atoms with van der Waals surface area (Å²) < 4.78 is 7.76. The number of aliphatic hydroxyl groups is 1. The first-order chi connectivity index (χ1) is 13.6. The van der Waals surface area contributed by atoms with Crippen LogP contribution in [0.3, 0.4) is 0 Å². The Balaban J connectivity index is 1.57. The van der Waals surface area contributed by atoms with Gasteiger partial charge in [0.25, 0.3) is 0 Å². The van der Waals surface area contributed by atoms with Crippen molar-refractivity contribution in [2.75, 3.05) is 11.9 Å². The molecular formula is C21H27N5O2. The number of fused-ring (bicyclic) bond motifs is 1. The number of aliphatic hydroxyl groups excluding tert-OH is 1. The minimum atomic E-state index is -0.173. The lowest BCUT2D eigenvalue weighted by Crippen LogP contribution is -2.29. The smallest absolute Gasteiger partial charge is 0.224 e. The summed E-state index contributed by atoms with van der Waals surface area (Å²) in [5.41, 5.74) is 0.951. The third-order valence-corrected chi connectivity index (χ3v) is 5.03. The fourth-order valence-corrected chi connectivity index (χ4v) is 3.53. The first-order valence-electron chi connectivity index (χ1n) is 9.97. The third kappa shape index (κ3) is 4.09. The molecule has 0 amide bonds. The molecule has 0 saturated heterocycles. The van der Waals surface area contributed by atoms with Crippen molar-refractivity contribution in [1.82, 2.24) is 19.7 Å². The van der Waals surface area contributed by atoms with Gasteiger partial charge in [0.2, 0.25) is 5.95 Å². The number of rotatable bonds is 6. The molecule has 28 heavy (non-hydrogen) atoms. The predicted molar refractivity (Wildman–Crippen MR) is 109 cm³/mol. The van der Waals surface area contributed by atoms with Gasteiger partial charge >= 0.3 is 0 Å². The predicted octanol–water partition coefficient (Wildman–Crippen LogP) is 3.57. The van der Waals surface area contributed by atoms with Crippen molar-refractivity contribution in [2.45, 2.75) is 51.7 Å². The molecule has 0 bridgehead atoms. The molecule has 7 heteroatoms. The standard InChI is InChI=1S/C21H27N5O2/c1-14(2)13-28-19-5-3-4-18-17(19)12-23-26(18)20-10-11-22-21(25-20)24-15-6-8-16(27)9-7-15/h3-5,10-12,14-16,27H,6-9,13H2,1-2H3,(H,22,24,25). The highest BCUT2D eigenvalue weighted by Crippen LogP contribution is 2.27. The molecule has 1 aliphatic carbocycles. The van der Waals surface area contributed by atoms with Crippen LogP contribution in [0.2, 0.25) is 0 Å². The van der Waals surface area contributed by atoms with Gasteiger partial charge in [0, 0.05) is 18.3 Å². The Bertz CT molecular complexity index is 931. The highest BCUT2D eigenvalue weighted by molar-refractivity contribution is 5.86. The summed E-state index contributed by atoms with van der Waals surface area (Å²) in [6.07, 6.45) is 6.89. The Kier molecular flexibility index (Phi) is 5.43. The van der Waals surface area contributed by atoms with Gasteiger partial charge in [-0.15, -0.1) is 0 Å². The van der Waals surface area contributed by atoms with Crippen molar-refractivity contribution >= 4 is 16.9 Å². The quantitative estimate of drug-likeness (QED) is 0.679. The van der Waals surface area contributed by atoms with Crippen LogP contribution in [0.15, 0.2) is 36.7 Å². The molecule has 1 fully saturated rings. The average Bonchev–Trinajstić information content (AvgIpc) is 3.13. The van der Waals surface area contributed by atoms with Crippen LogP contribution in [0.1, 0.15) is 39.5 Å². The van der Waals surface area contributed by atoms with Crippen LogP contribution >= 0.6 is 0 Å². The SMILES string of the molecule is CC(C)COc1cccc2c1cnn2-c1ccnc(NC2CCC(O)CC2)n1. The van der Waals surface area contributed by atoms with E-state index in [9.17, 15) is 5.11 Å². The van der Waals surface area contributed by atoms with E-state index in [1.165, 1.54) is 0 Å². The van der Waals surface area contributed by atoms with E-state index in [4.69, 9.17) is 4.74 Å². The number of nitrogens with one attached hydrogen (secondary N) is 1. The van der Waals surface area contributed by atoms with E-state index in [-0.39, 0.29) is 6.10 Å². The highest BCUT2D eigenvalue weighted by atomic mass is 16.5. The van der Waals surface area contributed by atoms with Gasteiger partial charge in [-0.05, 0) is 43.7 Å². The first-order valence-corrected chi connectivity index (χ1v) is 9.97. The maximum absolute atomic E-state index is 9.67. The van der Waals surface area contributed by atoms with Crippen molar-refractivity contribution in [2.24, 2.45) is 5.92 Å². The fourth-order valence-electron chi connectivity index (χ4n) is 3.53. The zero-order valence-electron chi connectivity index (χ0n) is 16.4. The molecule has 1 aromatic carbocycles. The van der Waals surface area contributed by atoms with Gasteiger partial charge in [0.1, 0.15) is 5.75 Å². The molecule has 148 valence electrons. The highest BCUT2D eigenvalue weighted by Gasteiger charge is 2.20. The maximum Gasteiger partial charge on any atom is 0.224 e. The lowest BCUT2D eigenvalue weighted by Gasteiger charge is -2.26. The third-order valence-electron chi connectivity index (χ3n) is 5.03. The molecule has 4 rings (SSSR count). The van der Waals surface area contributed by atoms with Gasteiger partial charge in [-0.25, -0.2) is 9.67 Å². The molecular weight excluding hydrogens is 354 g/mol. The first kappa shape index (κ1) is 18.7. The molecule has 7 nitrogen and oxygen atoms in total. The lowest BCUT2D eigenvalue weighted by molar-refractivity contribution is 0.126. The number of aromatic nitrogens is 4. The molecule has 0 aliphatic heterocycles. The van der Waals surface area contributed by atoms with Gasteiger partial charge in [-0.2, -0.15) is 10.1 Å². The van der Waals surface area contributed by atoms with E-state index < -0.39 is 0 Å². The van der Waals surface area contributed by atoms with Crippen LogP contribution in [0.25, 0.3) is 16.7 Å². The Labute approximate surface area is 164 Å². The largest absolute Gasteiger partial charge is 0.493 e. The number of anilines is 1. The number of hydrogen-bond acceptors (Lipinski definition) is 6. The molecule has 0 unspecified atom stereocenters. The second-order valence-electron chi connectivity index (χ2n) is 7.84. The number of ether oxygens (including phenoxy) is 1. The Morgan fingerprint density at radius 2 is 2.04 bits per heavy atom. The summed E-state index contributed by atoms with van der Waals surface area (Å²) in [6.45, 7) is 4.93. The van der Waals surface area contributed by atoms with Gasteiger partial charge in [0.05, 0.1) is 29.8 Å². The van der Waals surface area contributed by atoms with E-state index in [1.54, 1.807) is 6.20 Å². The van der Waals surface area contributed by atoms with E-state index in [1.807, 2.05) is 35.1 Å². The summed E-state index contributed by atoms with van der Waals surface area (Å²) in [4.78, 5) is 9.02. The maximum atomic E-state index is 9.67. The van der Waals surface area contributed by atoms with Crippen LogP contribution in [0.4, 0.5) is 5.95 Å². The van der Waals surface area contributed by atoms with E-state index in [2.05, 4.69) is 34.2 Å². The van der Waals surface area contributed by atoms with E-state index >= 15 is 0 Å². The van der Waals surface area contributed by atoms with Crippen LogP contribution in [0, 0.1) is 5.92 Å². The van der Waals surface area contributed by atoms with Crippen molar-refractivity contribution in [1.29, 1.82) is 0 Å². The fraction of sp³-hybridized carbons (Fsp3) is 0.476. The normalized spacial score (nSPS) is 19.9. The number of nitrogens with zero attached hydrogens (tertiary/aromatic N) is 4. The Morgan fingerprint density at radius 1 is 1.21 bits per heavy atom. The Morgan fingerprint density at radius 3 is 2.82 bits per heavy atom. The Hall–Kier alpha value is -2.67. The van der Waals surface area contributed by atoms with Gasteiger partial charge in [-0.3, -0.25) is 0 Å². The zero-order chi connectivity index (χ0) is 19.5. The van der Waals surface area contributed by atoms with Crippen molar-refractivity contribution < 1.29 is 9.84 Å². The summed E-state index contributed by atoms with van der Waals surface area (Å²) in [7, 11) is 0. The summed E-state index contributed by atoms with van der Waals surface area (Å²) in [6, 6.07) is 8.11. The van der Waals surface area contributed by atoms with E-state index in [0.29, 0.717) is 30.3 Å². The molecule has 0 atom stereocenters. The second-order valence-corrected chi connectivity index (χ2v) is 7.84. The molecule has 1 aliphatic rings. The zero-order valence-corrected chi connectivity index (χ0v) is 16.4. The lowest BCUT2D eigenvalue weighted by atomic mass is 9.93. The van der Waals surface area contributed by atoms with Crippen LogP contribution < -0.4 is 10.1 Å². The van der Waals surface area contributed by atoms with Crippen molar-refractivity contribution in [3.05, 3.63) is 36.7 Å². The second kappa shape index (κ2) is 8.14. The van der Waals surface area contributed by atoms with Gasteiger partial charge < -0.3 is 15.2 Å². The molecule has 0 spiro atoms. The minimum Gasteiger partial charge on any atom is -0.493 e.